The zero-order chi connectivity index (χ0) is 27.4. The number of carbonyl (C=O) groups excluding carboxylic acids is 1. The largest absolute Gasteiger partial charge is 0.291 e. The van der Waals surface area contributed by atoms with Gasteiger partial charge < -0.3 is 0 Å². The van der Waals surface area contributed by atoms with Gasteiger partial charge in [-0.15, -0.1) is 0 Å². The fourth-order valence-corrected chi connectivity index (χ4v) is 7.98. The van der Waals surface area contributed by atoms with Crippen LogP contribution >= 0.6 is 0 Å². The Labute approximate surface area is 227 Å². The van der Waals surface area contributed by atoms with Crippen molar-refractivity contribution in [2.75, 3.05) is 0 Å². The van der Waals surface area contributed by atoms with Crippen LogP contribution in [-0.4, -0.2) is 33.7 Å². The summed E-state index contributed by atoms with van der Waals surface area (Å²) in [6.45, 7) is 3.69. The number of fused-ring (bicyclic) bond motifs is 2. The lowest BCUT2D eigenvalue weighted by atomic mass is 9.59. The molecule has 0 radical (unpaired) electrons. The second-order valence-electron chi connectivity index (χ2n) is 10.9. The topological polar surface area (TPSA) is 81.9 Å². The van der Waals surface area contributed by atoms with Crippen LogP contribution in [0.1, 0.15) is 53.5 Å². The highest BCUT2D eigenvalue weighted by molar-refractivity contribution is 7.92. The molecule has 6 rings (SSSR count). The third-order valence-electron chi connectivity index (χ3n) is 8.29. The van der Waals surface area contributed by atoms with Crippen molar-refractivity contribution in [3.05, 3.63) is 113 Å². The summed E-state index contributed by atoms with van der Waals surface area (Å²) in [5.41, 5.74) is 3.47. The Hall–Kier alpha value is -3.91. The van der Waals surface area contributed by atoms with Crippen molar-refractivity contribution in [3.8, 4) is 5.69 Å². The van der Waals surface area contributed by atoms with Crippen LogP contribution in [-0.2, 0) is 16.3 Å². The molecular formula is C31H28FN3O3S. The average molecular weight is 542 g/mol. The van der Waals surface area contributed by atoms with Gasteiger partial charge in [0, 0.05) is 6.20 Å². The van der Waals surface area contributed by atoms with Crippen molar-refractivity contribution in [1.29, 1.82) is 0 Å². The number of nitrogens with zero attached hydrogens (tertiary/aromatic N) is 3. The minimum Gasteiger partial charge on any atom is -0.291 e. The summed E-state index contributed by atoms with van der Waals surface area (Å²) >= 11 is 0. The van der Waals surface area contributed by atoms with Crippen LogP contribution in [0.25, 0.3) is 11.8 Å². The first-order chi connectivity index (χ1) is 18.6. The lowest BCUT2D eigenvalue weighted by Crippen LogP contribution is -2.51. The van der Waals surface area contributed by atoms with Gasteiger partial charge in [-0.1, -0.05) is 29.3 Å². The van der Waals surface area contributed by atoms with Crippen molar-refractivity contribution < 1.29 is 17.6 Å². The van der Waals surface area contributed by atoms with Crippen molar-refractivity contribution in [2.45, 2.75) is 49.2 Å². The number of rotatable bonds is 5. The predicted molar refractivity (Wildman–Crippen MR) is 147 cm³/mol. The highest BCUT2D eigenvalue weighted by Gasteiger charge is 2.56. The average Bonchev–Trinajstić information content (AvgIpc) is 3.34. The highest BCUT2D eigenvalue weighted by Crippen LogP contribution is 2.55. The summed E-state index contributed by atoms with van der Waals surface area (Å²) in [6, 6.07) is 18.2. The number of sulfone groups is 1. The maximum atomic E-state index is 14.3. The fraction of sp³-hybridized carbons (Fsp3) is 0.258. The number of halogens is 1. The second kappa shape index (κ2) is 9.09. The minimum atomic E-state index is -3.76. The molecule has 2 heterocycles. The van der Waals surface area contributed by atoms with Gasteiger partial charge in [0.2, 0.25) is 0 Å². The maximum absolute atomic E-state index is 14.3. The molecule has 0 unspecified atom stereocenters. The number of allylic oxidation sites excluding steroid dienone is 1. The molecule has 8 heteroatoms. The van der Waals surface area contributed by atoms with E-state index in [0.29, 0.717) is 30.6 Å². The number of aryl methyl sites for hydroxylation is 1. The van der Waals surface area contributed by atoms with E-state index in [-0.39, 0.29) is 22.9 Å². The van der Waals surface area contributed by atoms with Crippen LogP contribution in [0.3, 0.4) is 0 Å². The van der Waals surface area contributed by atoms with Crippen LogP contribution in [0.4, 0.5) is 4.39 Å². The number of hydrogen-bond acceptors (Lipinski definition) is 5. The van der Waals surface area contributed by atoms with Gasteiger partial charge >= 0.3 is 0 Å². The Morgan fingerprint density at radius 1 is 1.03 bits per heavy atom. The molecule has 2 aliphatic rings. The molecular weight excluding hydrogens is 513 g/mol. The van der Waals surface area contributed by atoms with Crippen molar-refractivity contribution in [3.63, 3.8) is 0 Å². The molecule has 4 aromatic rings. The summed E-state index contributed by atoms with van der Waals surface area (Å²) < 4.78 is 42.3. The van der Waals surface area contributed by atoms with Gasteiger partial charge in [0.25, 0.3) is 0 Å². The summed E-state index contributed by atoms with van der Waals surface area (Å²) in [5, 5.41) is 4.56. The van der Waals surface area contributed by atoms with Crippen molar-refractivity contribution in [1.82, 2.24) is 14.8 Å². The van der Waals surface area contributed by atoms with E-state index < -0.39 is 20.0 Å². The number of hydrogen-bond donors (Lipinski definition) is 0. The number of pyridine rings is 1. The van der Waals surface area contributed by atoms with E-state index in [1.807, 2.05) is 13.0 Å². The van der Waals surface area contributed by atoms with Gasteiger partial charge in [0.1, 0.15) is 11.5 Å². The summed E-state index contributed by atoms with van der Waals surface area (Å²) in [6.07, 6.45) is 6.55. The maximum Gasteiger partial charge on any atom is 0.191 e. The molecule has 0 bridgehead atoms. The van der Waals surface area contributed by atoms with Gasteiger partial charge in [0.15, 0.2) is 15.6 Å². The molecule has 2 aromatic heterocycles. The molecule has 0 saturated heterocycles. The van der Waals surface area contributed by atoms with Crippen LogP contribution in [0, 0.1) is 18.2 Å². The SMILES string of the molecule is Cc1ccc(S(=O)(=O)[C@@]2(C)CCC3=Cc4c(cnn4-c4ccc(F)cc4)C[C@]3(C(=O)c3ccccn3)C2)cc1. The molecule has 2 aliphatic carbocycles. The van der Waals surface area contributed by atoms with Gasteiger partial charge in [-0.25, -0.2) is 17.5 Å². The Morgan fingerprint density at radius 3 is 2.46 bits per heavy atom. The first-order valence-corrected chi connectivity index (χ1v) is 14.4. The van der Waals surface area contributed by atoms with Gasteiger partial charge in [-0.2, -0.15) is 5.10 Å². The Kier molecular flexibility index (Phi) is 5.91. The van der Waals surface area contributed by atoms with E-state index in [4.69, 9.17) is 0 Å². The fourth-order valence-electron chi connectivity index (χ4n) is 6.10. The van der Waals surface area contributed by atoms with Gasteiger partial charge in [-0.3, -0.25) is 9.78 Å². The first-order valence-electron chi connectivity index (χ1n) is 12.9. The predicted octanol–water partition coefficient (Wildman–Crippen LogP) is 5.94. The lowest BCUT2D eigenvalue weighted by molar-refractivity contribution is 0.0773. The van der Waals surface area contributed by atoms with E-state index >= 15 is 0 Å². The van der Waals surface area contributed by atoms with Gasteiger partial charge in [0.05, 0.1) is 32.6 Å². The van der Waals surface area contributed by atoms with Crippen molar-refractivity contribution >= 4 is 21.7 Å². The van der Waals surface area contributed by atoms with Crippen LogP contribution in [0.15, 0.2) is 89.6 Å². The Balaban J connectivity index is 1.48. The number of carbonyl (C=O) groups is 1. The molecule has 1 fully saturated rings. The molecule has 2 aromatic carbocycles. The monoisotopic (exact) mass is 541 g/mol. The molecule has 0 N–H and O–H groups in total. The van der Waals surface area contributed by atoms with Crippen LogP contribution in [0.5, 0.6) is 0 Å². The molecule has 39 heavy (non-hydrogen) atoms. The zero-order valence-corrected chi connectivity index (χ0v) is 22.6. The minimum absolute atomic E-state index is 0.138. The van der Waals surface area contributed by atoms with E-state index in [0.717, 1.165) is 22.4 Å². The number of benzene rings is 2. The van der Waals surface area contributed by atoms with Crippen LogP contribution in [0.2, 0.25) is 0 Å². The number of ketones is 1. The number of Topliss-reactive ketones (excluding diaryl/α,β-unsaturated/α-hetero) is 1. The molecule has 198 valence electrons. The normalized spacial score (nSPS) is 22.5. The molecule has 0 amide bonds. The molecule has 2 atom stereocenters. The quantitative estimate of drug-likeness (QED) is 0.292. The van der Waals surface area contributed by atoms with E-state index in [2.05, 4.69) is 10.1 Å². The zero-order valence-electron chi connectivity index (χ0n) is 21.8. The van der Waals surface area contributed by atoms with E-state index in [1.54, 1.807) is 78.6 Å². The molecule has 6 nitrogen and oxygen atoms in total. The highest BCUT2D eigenvalue weighted by atomic mass is 32.2. The van der Waals surface area contributed by atoms with Gasteiger partial charge in [-0.05, 0) is 99.7 Å². The van der Waals surface area contributed by atoms with Crippen molar-refractivity contribution in [2.24, 2.45) is 5.41 Å². The lowest BCUT2D eigenvalue weighted by Gasteiger charge is -2.48. The summed E-state index contributed by atoms with van der Waals surface area (Å²) in [4.78, 5) is 18.9. The molecule has 1 saturated carbocycles. The Bertz CT molecular complexity index is 1710. The third-order valence-corrected chi connectivity index (χ3v) is 10.8. The standard InChI is InChI=1S/C31H28FN3O3S/c1-21-6-12-26(13-7-21)39(37,38)30(2)15-14-23-17-28-22(19-34-35(28)25-10-8-24(32)9-11-25)18-31(23,20-30)29(36)27-5-3-4-16-33-27/h3-13,16-17,19H,14-15,18,20H2,1-2H3/t30-,31-/m0/s1. The molecule has 0 spiro atoms. The van der Waals surface area contributed by atoms with E-state index in [1.165, 1.54) is 12.1 Å². The Morgan fingerprint density at radius 2 is 1.77 bits per heavy atom. The summed E-state index contributed by atoms with van der Waals surface area (Å²) in [5.74, 6) is -0.515. The number of aromatic nitrogens is 3. The molecule has 0 aliphatic heterocycles. The summed E-state index contributed by atoms with van der Waals surface area (Å²) in [7, 11) is -3.76. The first kappa shape index (κ1) is 25.4. The third kappa shape index (κ3) is 4.05. The second-order valence-corrected chi connectivity index (χ2v) is 13.3. The van der Waals surface area contributed by atoms with Crippen LogP contribution < -0.4 is 0 Å². The van der Waals surface area contributed by atoms with E-state index in [9.17, 15) is 17.6 Å². The smallest absolute Gasteiger partial charge is 0.191 e.